The number of benzene rings is 1. The maximum Gasteiger partial charge on any atom is 0.0755 e. The van der Waals surface area contributed by atoms with Gasteiger partial charge in [-0.3, -0.25) is 9.97 Å². The molecule has 0 saturated heterocycles. The predicted molar refractivity (Wildman–Crippen MR) is 76.9 cm³/mol. The molecule has 3 nitrogen and oxygen atoms in total. The number of hydrogen-bond donors (Lipinski definition) is 1. The van der Waals surface area contributed by atoms with Gasteiger partial charge in [0.05, 0.1) is 11.7 Å². The minimum absolute atomic E-state index is 0.0779. The Hall–Kier alpha value is -2.26. The summed E-state index contributed by atoms with van der Waals surface area (Å²) in [6.45, 7) is 0. The average Bonchev–Trinajstić information content (AvgIpc) is 2.49. The molecular weight excluding hydrogens is 234 g/mol. The zero-order chi connectivity index (χ0) is 13.1. The number of nitrogens with one attached hydrogen (secondary N) is 1. The second-order valence-corrected chi connectivity index (χ2v) is 4.42. The zero-order valence-corrected chi connectivity index (χ0v) is 10.7. The van der Waals surface area contributed by atoms with Crippen LogP contribution in [0.2, 0.25) is 0 Å². The molecule has 1 N–H and O–H groups in total. The van der Waals surface area contributed by atoms with Crippen molar-refractivity contribution in [3.63, 3.8) is 0 Å². The Morgan fingerprint density at radius 1 is 1.00 bits per heavy atom. The van der Waals surface area contributed by atoms with Crippen LogP contribution >= 0.6 is 0 Å². The van der Waals surface area contributed by atoms with Gasteiger partial charge in [0.15, 0.2) is 0 Å². The van der Waals surface area contributed by atoms with Crippen LogP contribution in [-0.4, -0.2) is 17.0 Å². The predicted octanol–water partition coefficient (Wildman–Crippen LogP) is 2.94. The fourth-order valence-electron chi connectivity index (χ4n) is 2.40. The number of fused-ring (bicyclic) bond motifs is 1. The normalized spacial score (nSPS) is 12.5. The first-order chi connectivity index (χ1) is 9.40. The minimum Gasteiger partial charge on any atom is -0.308 e. The number of nitrogens with zero attached hydrogens (tertiary/aromatic N) is 2. The molecule has 0 aliphatic rings. The van der Waals surface area contributed by atoms with Gasteiger partial charge in [0.25, 0.3) is 0 Å². The van der Waals surface area contributed by atoms with Gasteiger partial charge in [-0.15, -0.1) is 0 Å². The molecule has 3 rings (SSSR count). The molecule has 0 radical (unpaired) electrons. The molecule has 0 bridgehead atoms. The fourth-order valence-corrected chi connectivity index (χ4v) is 2.40. The first-order valence-corrected chi connectivity index (χ1v) is 6.31. The largest absolute Gasteiger partial charge is 0.308 e. The number of rotatable bonds is 3. The minimum atomic E-state index is 0.0779. The summed E-state index contributed by atoms with van der Waals surface area (Å²) in [5.41, 5.74) is 2.22. The van der Waals surface area contributed by atoms with E-state index in [1.165, 1.54) is 10.9 Å². The molecular formula is C16H15N3. The number of aromatic nitrogens is 2. The van der Waals surface area contributed by atoms with Gasteiger partial charge in [-0.05, 0) is 36.2 Å². The molecule has 2 aromatic heterocycles. The quantitative estimate of drug-likeness (QED) is 0.775. The summed E-state index contributed by atoms with van der Waals surface area (Å²) in [7, 11) is 1.95. The van der Waals surface area contributed by atoms with Crippen molar-refractivity contribution in [2.45, 2.75) is 6.04 Å². The van der Waals surface area contributed by atoms with Gasteiger partial charge in [0, 0.05) is 24.0 Å². The molecule has 0 amide bonds. The van der Waals surface area contributed by atoms with Crippen LogP contribution in [0.25, 0.3) is 10.8 Å². The van der Waals surface area contributed by atoms with Crippen molar-refractivity contribution in [1.82, 2.24) is 15.3 Å². The summed E-state index contributed by atoms with van der Waals surface area (Å²) >= 11 is 0. The van der Waals surface area contributed by atoms with E-state index in [9.17, 15) is 0 Å². The summed E-state index contributed by atoms with van der Waals surface area (Å²) in [5.74, 6) is 0. The molecule has 19 heavy (non-hydrogen) atoms. The van der Waals surface area contributed by atoms with Gasteiger partial charge >= 0.3 is 0 Å². The second kappa shape index (κ2) is 5.16. The third kappa shape index (κ3) is 2.20. The Bertz CT molecular complexity index is 674. The van der Waals surface area contributed by atoms with E-state index in [4.69, 9.17) is 0 Å². The lowest BCUT2D eigenvalue weighted by Gasteiger charge is -2.18. The van der Waals surface area contributed by atoms with E-state index in [0.717, 1.165) is 11.1 Å². The molecule has 0 spiro atoms. The lowest BCUT2D eigenvalue weighted by molar-refractivity contribution is 0.675. The van der Waals surface area contributed by atoms with Crippen LogP contribution in [-0.2, 0) is 0 Å². The Morgan fingerprint density at radius 2 is 1.95 bits per heavy atom. The van der Waals surface area contributed by atoms with Crippen molar-refractivity contribution in [3.8, 4) is 0 Å². The van der Waals surface area contributed by atoms with E-state index in [2.05, 4.69) is 33.5 Å². The smallest absolute Gasteiger partial charge is 0.0755 e. The third-order valence-corrected chi connectivity index (χ3v) is 3.30. The SMILES string of the molecule is CNC(c1ccccn1)c1cccc2ccncc12. The highest BCUT2D eigenvalue weighted by atomic mass is 14.9. The van der Waals surface area contributed by atoms with E-state index in [1.807, 2.05) is 49.9 Å². The van der Waals surface area contributed by atoms with Crippen LogP contribution in [0.15, 0.2) is 61.1 Å². The third-order valence-electron chi connectivity index (χ3n) is 3.30. The summed E-state index contributed by atoms with van der Waals surface area (Å²) in [6.07, 6.45) is 5.56. The van der Waals surface area contributed by atoms with Crippen LogP contribution in [0, 0.1) is 0 Å². The maximum absolute atomic E-state index is 4.45. The van der Waals surface area contributed by atoms with E-state index < -0.39 is 0 Å². The summed E-state index contributed by atoms with van der Waals surface area (Å²) in [6, 6.07) is 14.4. The summed E-state index contributed by atoms with van der Waals surface area (Å²) in [5, 5.41) is 5.70. The maximum atomic E-state index is 4.45. The molecule has 0 aliphatic carbocycles. The van der Waals surface area contributed by atoms with Crippen molar-refractivity contribution >= 4 is 10.8 Å². The molecule has 0 fully saturated rings. The van der Waals surface area contributed by atoms with Gasteiger partial charge < -0.3 is 5.32 Å². The topological polar surface area (TPSA) is 37.8 Å². The standard InChI is InChI=1S/C16H15N3/c1-17-16(15-7-2-3-9-19-15)13-6-4-5-12-8-10-18-11-14(12)13/h2-11,16-17H,1H3. The molecule has 3 aromatic rings. The van der Waals surface area contributed by atoms with E-state index in [0.29, 0.717) is 0 Å². The molecule has 3 heteroatoms. The van der Waals surface area contributed by atoms with Crippen LogP contribution in [0.5, 0.6) is 0 Å². The molecule has 0 saturated carbocycles. The molecule has 1 unspecified atom stereocenters. The van der Waals surface area contributed by atoms with Crippen LogP contribution in [0.1, 0.15) is 17.3 Å². The van der Waals surface area contributed by atoms with Crippen molar-refractivity contribution in [2.24, 2.45) is 0 Å². The highest BCUT2D eigenvalue weighted by molar-refractivity contribution is 5.85. The van der Waals surface area contributed by atoms with Crippen molar-refractivity contribution in [1.29, 1.82) is 0 Å². The summed E-state index contributed by atoms with van der Waals surface area (Å²) < 4.78 is 0. The monoisotopic (exact) mass is 249 g/mol. The molecule has 0 aliphatic heterocycles. The van der Waals surface area contributed by atoms with Gasteiger partial charge in [0.2, 0.25) is 0 Å². The highest BCUT2D eigenvalue weighted by Crippen LogP contribution is 2.27. The lowest BCUT2D eigenvalue weighted by atomic mass is 9.98. The Balaban J connectivity index is 2.17. The Kier molecular flexibility index (Phi) is 3.21. The first kappa shape index (κ1) is 11.8. The van der Waals surface area contributed by atoms with E-state index in [1.54, 1.807) is 0 Å². The van der Waals surface area contributed by atoms with Crippen molar-refractivity contribution in [3.05, 3.63) is 72.3 Å². The van der Waals surface area contributed by atoms with Crippen LogP contribution < -0.4 is 5.32 Å². The second-order valence-electron chi connectivity index (χ2n) is 4.42. The first-order valence-electron chi connectivity index (χ1n) is 6.31. The number of hydrogen-bond acceptors (Lipinski definition) is 3. The number of pyridine rings is 2. The Labute approximate surface area is 112 Å². The van der Waals surface area contributed by atoms with Gasteiger partial charge in [-0.1, -0.05) is 24.3 Å². The van der Waals surface area contributed by atoms with Crippen LogP contribution in [0.4, 0.5) is 0 Å². The average molecular weight is 249 g/mol. The zero-order valence-electron chi connectivity index (χ0n) is 10.7. The van der Waals surface area contributed by atoms with Crippen molar-refractivity contribution in [2.75, 3.05) is 7.05 Å². The van der Waals surface area contributed by atoms with E-state index >= 15 is 0 Å². The van der Waals surface area contributed by atoms with Gasteiger partial charge in [0.1, 0.15) is 0 Å². The van der Waals surface area contributed by atoms with E-state index in [-0.39, 0.29) is 6.04 Å². The highest BCUT2D eigenvalue weighted by Gasteiger charge is 2.15. The molecule has 1 atom stereocenters. The fraction of sp³-hybridized carbons (Fsp3) is 0.125. The lowest BCUT2D eigenvalue weighted by Crippen LogP contribution is -2.19. The molecule has 94 valence electrons. The molecule has 2 heterocycles. The summed E-state index contributed by atoms with van der Waals surface area (Å²) in [4.78, 5) is 8.69. The van der Waals surface area contributed by atoms with Gasteiger partial charge in [-0.2, -0.15) is 0 Å². The Morgan fingerprint density at radius 3 is 2.74 bits per heavy atom. The van der Waals surface area contributed by atoms with Gasteiger partial charge in [-0.25, -0.2) is 0 Å². The van der Waals surface area contributed by atoms with Crippen molar-refractivity contribution < 1.29 is 0 Å². The van der Waals surface area contributed by atoms with Crippen LogP contribution in [0.3, 0.4) is 0 Å². The molecule has 1 aromatic carbocycles.